The number of ether oxygens (including phenoxy) is 1. The van der Waals surface area contributed by atoms with E-state index in [-0.39, 0.29) is 5.97 Å². The zero-order valence-corrected chi connectivity index (χ0v) is 14.3. The molecule has 0 bridgehead atoms. The van der Waals surface area contributed by atoms with Crippen LogP contribution in [0.25, 0.3) is 0 Å². The number of rotatable bonds is 6. The summed E-state index contributed by atoms with van der Waals surface area (Å²) in [5.74, 6) is 0.799. The Morgan fingerprint density at radius 2 is 2.04 bits per heavy atom. The second-order valence-corrected chi connectivity index (χ2v) is 6.04. The van der Waals surface area contributed by atoms with Crippen LogP contribution < -0.4 is 16.4 Å². The first kappa shape index (κ1) is 17.0. The van der Waals surface area contributed by atoms with Gasteiger partial charge in [-0.3, -0.25) is 0 Å². The predicted octanol–water partition coefficient (Wildman–Crippen LogP) is 3.33. The molecule has 1 aliphatic carbocycles. The number of carbonyl (C=O) groups is 1. The molecule has 1 saturated carbocycles. The molecule has 7 nitrogen and oxygen atoms in total. The number of hydrogen-bond acceptors (Lipinski definition) is 7. The van der Waals surface area contributed by atoms with Crippen molar-refractivity contribution in [3.63, 3.8) is 0 Å². The van der Waals surface area contributed by atoms with Crippen LogP contribution in [0.4, 0.5) is 23.0 Å². The number of nitrogen functional groups attached to an aromatic ring is 1. The molecule has 0 spiro atoms. The highest BCUT2D eigenvalue weighted by molar-refractivity contribution is 5.91. The number of nitrogens with one attached hydrogen (secondary N) is 2. The van der Waals surface area contributed by atoms with Gasteiger partial charge in [-0.1, -0.05) is 18.9 Å². The van der Waals surface area contributed by atoms with Gasteiger partial charge in [0.15, 0.2) is 11.6 Å². The molecule has 25 heavy (non-hydrogen) atoms. The van der Waals surface area contributed by atoms with Crippen molar-refractivity contribution in [1.29, 1.82) is 0 Å². The molecular formula is C18H23N5O2. The van der Waals surface area contributed by atoms with Gasteiger partial charge in [0.05, 0.1) is 12.2 Å². The van der Waals surface area contributed by atoms with E-state index < -0.39 is 0 Å². The van der Waals surface area contributed by atoms with Crippen LogP contribution in [-0.4, -0.2) is 28.6 Å². The third-order valence-electron chi connectivity index (χ3n) is 4.22. The van der Waals surface area contributed by atoms with Crippen LogP contribution in [0.5, 0.6) is 0 Å². The molecule has 1 heterocycles. The Labute approximate surface area is 147 Å². The normalized spacial score (nSPS) is 14.3. The van der Waals surface area contributed by atoms with Gasteiger partial charge in [0, 0.05) is 11.7 Å². The lowest BCUT2D eigenvalue weighted by Gasteiger charge is -2.16. The highest BCUT2D eigenvalue weighted by Crippen LogP contribution is 2.29. The summed E-state index contributed by atoms with van der Waals surface area (Å²) in [7, 11) is 0. The lowest BCUT2D eigenvalue weighted by atomic mass is 10.2. The average molecular weight is 341 g/mol. The summed E-state index contributed by atoms with van der Waals surface area (Å²) in [4.78, 5) is 20.3. The standard InChI is InChI=1S/C18H23N5O2/c1-2-25-18(24)12-6-5-9-14(10-12)23-17-15(19)16(20-11-21-17)22-13-7-3-4-8-13/h5-6,9-11,13H,2-4,7-8,19H2,1H3,(H2,20,21,22,23). The Hall–Kier alpha value is -2.83. The quantitative estimate of drug-likeness (QED) is 0.693. The smallest absolute Gasteiger partial charge is 0.338 e. The van der Waals surface area contributed by atoms with Crippen molar-refractivity contribution >= 4 is 29.0 Å². The van der Waals surface area contributed by atoms with Crippen molar-refractivity contribution in [3.05, 3.63) is 36.2 Å². The van der Waals surface area contributed by atoms with E-state index in [1.807, 2.05) is 6.07 Å². The maximum absolute atomic E-state index is 11.9. The van der Waals surface area contributed by atoms with Crippen molar-refractivity contribution < 1.29 is 9.53 Å². The van der Waals surface area contributed by atoms with Gasteiger partial charge in [0.25, 0.3) is 0 Å². The largest absolute Gasteiger partial charge is 0.462 e. The molecule has 0 aliphatic heterocycles. The van der Waals surface area contributed by atoms with Crippen molar-refractivity contribution in [2.75, 3.05) is 23.0 Å². The zero-order chi connectivity index (χ0) is 17.6. The van der Waals surface area contributed by atoms with E-state index in [1.165, 1.54) is 19.2 Å². The first-order valence-corrected chi connectivity index (χ1v) is 8.58. The average Bonchev–Trinajstić information content (AvgIpc) is 3.12. The van der Waals surface area contributed by atoms with Gasteiger partial charge in [-0.05, 0) is 38.0 Å². The third-order valence-corrected chi connectivity index (χ3v) is 4.22. The number of aromatic nitrogens is 2. The minimum Gasteiger partial charge on any atom is -0.462 e. The summed E-state index contributed by atoms with van der Waals surface area (Å²) >= 11 is 0. The van der Waals surface area contributed by atoms with E-state index in [4.69, 9.17) is 10.5 Å². The van der Waals surface area contributed by atoms with Crippen molar-refractivity contribution in [3.8, 4) is 0 Å². The van der Waals surface area contributed by atoms with E-state index in [0.29, 0.717) is 41.2 Å². The fourth-order valence-corrected chi connectivity index (χ4v) is 2.95. The second kappa shape index (κ2) is 7.83. The molecule has 1 aromatic carbocycles. The zero-order valence-electron chi connectivity index (χ0n) is 14.3. The summed E-state index contributed by atoms with van der Waals surface area (Å²) in [6, 6.07) is 7.46. The van der Waals surface area contributed by atoms with E-state index >= 15 is 0 Å². The number of nitrogens with two attached hydrogens (primary N) is 1. The molecule has 0 atom stereocenters. The fourth-order valence-electron chi connectivity index (χ4n) is 2.95. The fraction of sp³-hybridized carbons (Fsp3) is 0.389. The molecule has 7 heteroatoms. The Morgan fingerprint density at radius 1 is 1.28 bits per heavy atom. The Kier molecular flexibility index (Phi) is 5.33. The monoisotopic (exact) mass is 341 g/mol. The molecule has 132 valence electrons. The molecule has 3 rings (SSSR count). The highest BCUT2D eigenvalue weighted by atomic mass is 16.5. The number of esters is 1. The minimum atomic E-state index is -0.356. The SMILES string of the molecule is CCOC(=O)c1cccc(Nc2ncnc(NC3CCCC3)c2N)c1. The molecule has 0 amide bonds. The van der Waals surface area contributed by atoms with Gasteiger partial charge in [-0.2, -0.15) is 0 Å². The Morgan fingerprint density at radius 3 is 2.80 bits per heavy atom. The van der Waals surface area contributed by atoms with E-state index in [2.05, 4.69) is 20.6 Å². The van der Waals surface area contributed by atoms with Crippen LogP contribution >= 0.6 is 0 Å². The summed E-state index contributed by atoms with van der Waals surface area (Å²) in [5.41, 5.74) is 7.87. The Balaban J connectivity index is 1.76. The Bertz CT molecular complexity index is 744. The maximum atomic E-state index is 11.9. The number of anilines is 4. The summed E-state index contributed by atoms with van der Waals surface area (Å²) in [5, 5.41) is 6.54. The van der Waals surface area contributed by atoms with E-state index in [9.17, 15) is 4.79 Å². The molecular weight excluding hydrogens is 318 g/mol. The van der Waals surface area contributed by atoms with Crippen LogP contribution in [0, 0.1) is 0 Å². The van der Waals surface area contributed by atoms with Crippen molar-refractivity contribution in [2.24, 2.45) is 0 Å². The molecule has 0 radical (unpaired) electrons. The lowest BCUT2D eigenvalue weighted by molar-refractivity contribution is 0.0526. The maximum Gasteiger partial charge on any atom is 0.338 e. The van der Waals surface area contributed by atoms with Gasteiger partial charge in [-0.15, -0.1) is 0 Å². The topological polar surface area (TPSA) is 102 Å². The van der Waals surface area contributed by atoms with Gasteiger partial charge in [0.2, 0.25) is 0 Å². The van der Waals surface area contributed by atoms with Gasteiger partial charge >= 0.3 is 5.97 Å². The molecule has 1 fully saturated rings. The number of nitrogens with zero attached hydrogens (tertiary/aromatic N) is 2. The van der Waals surface area contributed by atoms with Gasteiger partial charge < -0.3 is 21.1 Å². The third kappa shape index (κ3) is 4.17. The van der Waals surface area contributed by atoms with Crippen molar-refractivity contribution in [1.82, 2.24) is 9.97 Å². The first-order valence-electron chi connectivity index (χ1n) is 8.58. The predicted molar refractivity (Wildman–Crippen MR) is 98.0 cm³/mol. The molecule has 0 unspecified atom stereocenters. The van der Waals surface area contributed by atoms with E-state index in [0.717, 1.165) is 12.8 Å². The number of benzene rings is 1. The number of carbonyl (C=O) groups excluding carboxylic acids is 1. The van der Waals surface area contributed by atoms with Gasteiger partial charge in [0.1, 0.15) is 12.0 Å². The highest BCUT2D eigenvalue weighted by Gasteiger charge is 2.17. The van der Waals surface area contributed by atoms with Crippen LogP contribution in [0.2, 0.25) is 0 Å². The summed E-state index contributed by atoms with van der Waals surface area (Å²) in [6.45, 7) is 2.12. The molecule has 1 aliphatic rings. The van der Waals surface area contributed by atoms with Crippen molar-refractivity contribution in [2.45, 2.75) is 38.6 Å². The summed E-state index contributed by atoms with van der Waals surface area (Å²) < 4.78 is 5.02. The second-order valence-electron chi connectivity index (χ2n) is 6.04. The molecule has 1 aromatic heterocycles. The van der Waals surface area contributed by atoms with E-state index in [1.54, 1.807) is 25.1 Å². The molecule has 2 aromatic rings. The minimum absolute atomic E-state index is 0.339. The van der Waals surface area contributed by atoms with Crippen LogP contribution in [0.15, 0.2) is 30.6 Å². The summed E-state index contributed by atoms with van der Waals surface area (Å²) in [6.07, 6.45) is 6.20. The van der Waals surface area contributed by atoms with Crippen LogP contribution in [-0.2, 0) is 4.74 Å². The first-order chi connectivity index (χ1) is 12.2. The molecule has 0 saturated heterocycles. The van der Waals surface area contributed by atoms with Gasteiger partial charge in [-0.25, -0.2) is 14.8 Å². The van der Waals surface area contributed by atoms with Crippen LogP contribution in [0.1, 0.15) is 43.0 Å². The van der Waals surface area contributed by atoms with Crippen LogP contribution in [0.3, 0.4) is 0 Å². The molecule has 4 N–H and O–H groups in total. The lowest BCUT2D eigenvalue weighted by Crippen LogP contribution is -2.17. The number of hydrogen-bond donors (Lipinski definition) is 3.